The van der Waals surface area contributed by atoms with Gasteiger partial charge in [-0.05, 0) is 37.1 Å². The van der Waals surface area contributed by atoms with E-state index in [1.54, 1.807) is 13.3 Å². The number of rotatable bonds is 2. The minimum Gasteiger partial charge on any atom is -0.381 e. The monoisotopic (exact) mass is 321 g/mol. The van der Waals surface area contributed by atoms with Gasteiger partial charge in [-0.15, -0.1) is 0 Å². The Morgan fingerprint density at radius 2 is 2.12 bits per heavy atom. The molecule has 0 amide bonds. The first-order chi connectivity index (χ1) is 11.8. The molecule has 3 heterocycles. The molecule has 0 bridgehead atoms. The third-order valence-corrected chi connectivity index (χ3v) is 4.69. The molecule has 0 N–H and O–H groups in total. The SMILES string of the molecule is COC1CCc2nc3cc(-c4ccccn4)ccc3c(=O)n2CC1. The van der Waals surface area contributed by atoms with Crippen LogP contribution in [0.3, 0.4) is 0 Å². The molecule has 0 radical (unpaired) electrons. The summed E-state index contributed by atoms with van der Waals surface area (Å²) in [5.74, 6) is 0.852. The zero-order chi connectivity index (χ0) is 16.5. The molecule has 4 rings (SSSR count). The Bertz CT molecular complexity index is 934. The van der Waals surface area contributed by atoms with Gasteiger partial charge in [0.15, 0.2) is 0 Å². The lowest BCUT2D eigenvalue weighted by Gasteiger charge is -2.11. The Kier molecular flexibility index (Phi) is 3.86. The van der Waals surface area contributed by atoms with Crippen molar-refractivity contribution >= 4 is 10.9 Å². The molecule has 0 aliphatic carbocycles. The van der Waals surface area contributed by atoms with E-state index in [1.165, 1.54) is 0 Å². The zero-order valence-corrected chi connectivity index (χ0v) is 13.6. The molecule has 122 valence electrons. The third-order valence-electron chi connectivity index (χ3n) is 4.69. The van der Waals surface area contributed by atoms with Gasteiger partial charge in [-0.1, -0.05) is 12.1 Å². The average Bonchev–Trinajstić information content (AvgIpc) is 2.84. The van der Waals surface area contributed by atoms with Crippen molar-refractivity contribution in [3.8, 4) is 11.3 Å². The summed E-state index contributed by atoms with van der Waals surface area (Å²) in [7, 11) is 1.73. The van der Waals surface area contributed by atoms with Crippen molar-refractivity contribution < 1.29 is 4.74 Å². The van der Waals surface area contributed by atoms with Crippen molar-refractivity contribution in [1.29, 1.82) is 0 Å². The smallest absolute Gasteiger partial charge is 0.261 e. The van der Waals surface area contributed by atoms with Crippen LogP contribution in [0.5, 0.6) is 0 Å². The van der Waals surface area contributed by atoms with Crippen LogP contribution < -0.4 is 5.56 Å². The molecule has 0 saturated heterocycles. The molecule has 3 aromatic rings. The van der Waals surface area contributed by atoms with E-state index < -0.39 is 0 Å². The third kappa shape index (κ3) is 2.61. The summed E-state index contributed by atoms with van der Waals surface area (Å²) in [5, 5.41) is 0.661. The first-order valence-electron chi connectivity index (χ1n) is 8.24. The number of benzene rings is 1. The van der Waals surface area contributed by atoms with Gasteiger partial charge in [-0.2, -0.15) is 0 Å². The second kappa shape index (κ2) is 6.17. The highest BCUT2D eigenvalue weighted by atomic mass is 16.5. The minimum atomic E-state index is 0.0410. The number of methoxy groups -OCH3 is 1. The fraction of sp³-hybridized carbons (Fsp3) is 0.316. The van der Waals surface area contributed by atoms with E-state index in [1.807, 2.05) is 41.0 Å². The van der Waals surface area contributed by atoms with Crippen LogP contribution in [0.1, 0.15) is 18.7 Å². The number of fused-ring (bicyclic) bond motifs is 2. The first-order valence-corrected chi connectivity index (χ1v) is 8.24. The molecule has 0 spiro atoms. The number of aryl methyl sites for hydroxylation is 1. The van der Waals surface area contributed by atoms with Gasteiger partial charge < -0.3 is 4.74 Å². The Morgan fingerprint density at radius 3 is 2.92 bits per heavy atom. The summed E-state index contributed by atoms with van der Waals surface area (Å²) in [5.41, 5.74) is 2.64. The van der Waals surface area contributed by atoms with Crippen LogP contribution in [0.25, 0.3) is 22.2 Å². The van der Waals surface area contributed by atoms with Gasteiger partial charge in [0.1, 0.15) is 5.82 Å². The van der Waals surface area contributed by atoms with E-state index in [4.69, 9.17) is 9.72 Å². The molecule has 5 heteroatoms. The van der Waals surface area contributed by atoms with E-state index in [2.05, 4.69) is 4.98 Å². The van der Waals surface area contributed by atoms with Gasteiger partial charge in [-0.25, -0.2) is 4.98 Å². The van der Waals surface area contributed by atoms with Crippen LogP contribution in [-0.2, 0) is 17.7 Å². The van der Waals surface area contributed by atoms with E-state index in [-0.39, 0.29) is 11.7 Å². The zero-order valence-electron chi connectivity index (χ0n) is 13.6. The van der Waals surface area contributed by atoms with Crippen LogP contribution in [0, 0.1) is 0 Å². The maximum Gasteiger partial charge on any atom is 0.261 e. The topological polar surface area (TPSA) is 57.0 Å². The lowest BCUT2D eigenvalue weighted by molar-refractivity contribution is 0.0885. The van der Waals surface area contributed by atoms with Gasteiger partial charge in [0, 0.05) is 31.8 Å². The summed E-state index contributed by atoms with van der Waals surface area (Å²) in [6.45, 7) is 0.664. The van der Waals surface area contributed by atoms with Crippen molar-refractivity contribution in [3.63, 3.8) is 0 Å². The number of aromatic nitrogens is 3. The molecular formula is C19H19N3O2. The lowest BCUT2D eigenvalue weighted by Crippen LogP contribution is -2.24. The highest BCUT2D eigenvalue weighted by Gasteiger charge is 2.19. The van der Waals surface area contributed by atoms with Gasteiger partial charge in [0.05, 0.1) is 22.7 Å². The Morgan fingerprint density at radius 1 is 1.21 bits per heavy atom. The van der Waals surface area contributed by atoms with Crippen LogP contribution in [-0.4, -0.2) is 27.7 Å². The van der Waals surface area contributed by atoms with E-state index in [0.29, 0.717) is 11.9 Å². The number of nitrogens with zero attached hydrogens (tertiary/aromatic N) is 3. The molecule has 24 heavy (non-hydrogen) atoms. The minimum absolute atomic E-state index is 0.0410. The standard InChI is InChI=1S/C19H19N3O2/c1-24-14-6-8-18-21-17-12-13(16-4-2-3-10-20-16)5-7-15(17)19(23)22(18)11-9-14/h2-5,7,10,12,14H,6,8-9,11H2,1H3. The molecule has 2 aromatic heterocycles. The quantitative estimate of drug-likeness (QED) is 0.728. The van der Waals surface area contributed by atoms with Crippen LogP contribution in [0.2, 0.25) is 0 Å². The van der Waals surface area contributed by atoms with Crippen molar-refractivity contribution in [2.45, 2.75) is 31.9 Å². The normalized spacial score (nSPS) is 17.5. The Labute approximate surface area is 139 Å². The van der Waals surface area contributed by atoms with Crippen molar-refractivity contribution in [2.24, 2.45) is 0 Å². The van der Waals surface area contributed by atoms with Crippen molar-refractivity contribution in [2.75, 3.05) is 7.11 Å². The largest absolute Gasteiger partial charge is 0.381 e. The first kappa shape index (κ1) is 15.0. The fourth-order valence-corrected chi connectivity index (χ4v) is 3.32. The van der Waals surface area contributed by atoms with Crippen molar-refractivity contribution in [3.05, 3.63) is 58.8 Å². The molecule has 5 nitrogen and oxygen atoms in total. The molecule has 1 unspecified atom stereocenters. The maximum absolute atomic E-state index is 12.8. The number of hydrogen-bond acceptors (Lipinski definition) is 4. The van der Waals surface area contributed by atoms with Crippen LogP contribution in [0.4, 0.5) is 0 Å². The highest BCUT2D eigenvalue weighted by molar-refractivity contribution is 5.83. The van der Waals surface area contributed by atoms with Gasteiger partial charge in [-0.3, -0.25) is 14.3 Å². The highest BCUT2D eigenvalue weighted by Crippen LogP contribution is 2.22. The lowest BCUT2D eigenvalue weighted by atomic mass is 10.1. The molecule has 1 aromatic carbocycles. The predicted molar refractivity (Wildman–Crippen MR) is 93.0 cm³/mol. The van der Waals surface area contributed by atoms with E-state index >= 15 is 0 Å². The molecule has 1 aliphatic rings. The van der Waals surface area contributed by atoms with Crippen LogP contribution in [0.15, 0.2) is 47.4 Å². The summed E-state index contributed by atoms with van der Waals surface area (Å²) >= 11 is 0. The Balaban J connectivity index is 1.84. The number of hydrogen-bond donors (Lipinski definition) is 0. The van der Waals surface area contributed by atoms with Gasteiger partial charge in [0.2, 0.25) is 0 Å². The van der Waals surface area contributed by atoms with Gasteiger partial charge in [0.25, 0.3) is 5.56 Å². The predicted octanol–water partition coefficient (Wildman–Crippen LogP) is 2.81. The second-order valence-electron chi connectivity index (χ2n) is 6.12. The van der Waals surface area contributed by atoms with Crippen molar-refractivity contribution in [1.82, 2.24) is 14.5 Å². The maximum atomic E-state index is 12.8. The summed E-state index contributed by atoms with van der Waals surface area (Å²) in [6.07, 6.45) is 4.47. The summed E-state index contributed by atoms with van der Waals surface area (Å²) < 4.78 is 7.27. The van der Waals surface area contributed by atoms with E-state index in [0.717, 1.165) is 41.9 Å². The molecular weight excluding hydrogens is 302 g/mol. The van der Waals surface area contributed by atoms with E-state index in [9.17, 15) is 4.79 Å². The fourth-order valence-electron chi connectivity index (χ4n) is 3.32. The van der Waals surface area contributed by atoms with Gasteiger partial charge >= 0.3 is 0 Å². The molecule has 1 aliphatic heterocycles. The second-order valence-corrected chi connectivity index (χ2v) is 6.12. The molecule has 0 saturated carbocycles. The molecule has 0 fully saturated rings. The number of ether oxygens (including phenoxy) is 1. The number of pyridine rings is 1. The Hall–Kier alpha value is -2.53. The molecule has 1 atom stereocenters. The van der Waals surface area contributed by atoms with Crippen LogP contribution >= 0.6 is 0 Å². The summed E-state index contributed by atoms with van der Waals surface area (Å²) in [4.78, 5) is 22.0. The summed E-state index contributed by atoms with van der Waals surface area (Å²) in [6, 6.07) is 11.6. The average molecular weight is 321 g/mol.